The molecule has 0 spiro atoms. The molecule has 2 aliphatic heterocycles. The lowest BCUT2D eigenvalue weighted by Crippen LogP contribution is -2.39. The molecule has 0 bridgehead atoms. The van der Waals surface area contributed by atoms with Crippen molar-refractivity contribution in [3.05, 3.63) is 76.2 Å². The number of carbonyl (C=O) groups excluding carboxylic acids is 1. The number of amides is 1. The first-order valence-corrected chi connectivity index (χ1v) is 12.9. The van der Waals surface area contributed by atoms with Crippen molar-refractivity contribution in [3.63, 3.8) is 0 Å². The molecule has 0 saturated carbocycles. The van der Waals surface area contributed by atoms with Crippen LogP contribution in [0.1, 0.15) is 41.6 Å². The highest BCUT2D eigenvalue weighted by Crippen LogP contribution is 2.28. The molecular formula is C29H32N6O2. The molecule has 0 unspecified atom stereocenters. The number of nitriles is 1. The van der Waals surface area contributed by atoms with Crippen molar-refractivity contribution in [2.75, 3.05) is 48.8 Å². The summed E-state index contributed by atoms with van der Waals surface area (Å²) in [6.45, 7) is 4.54. The summed E-state index contributed by atoms with van der Waals surface area (Å²) < 4.78 is 0. The number of nitrogens with zero attached hydrogens (tertiary/aromatic N) is 3. The molecule has 2 aliphatic rings. The van der Waals surface area contributed by atoms with Crippen LogP contribution in [-0.2, 0) is 0 Å². The molecule has 2 fully saturated rings. The van der Waals surface area contributed by atoms with E-state index in [4.69, 9.17) is 0 Å². The number of H-pyrrole nitrogens is 1. The van der Waals surface area contributed by atoms with E-state index in [-0.39, 0.29) is 17.2 Å². The topological polar surface area (TPSA) is 104 Å². The third kappa shape index (κ3) is 5.52. The lowest BCUT2D eigenvalue weighted by atomic mass is 10.0. The highest BCUT2D eigenvalue weighted by Gasteiger charge is 2.27. The van der Waals surface area contributed by atoms with Crippen LogP contribution in [0.2, 0.25) is 0 Å². The van der Waals surface area contributed by atoms with Crippen molar-refractivity contribution in [1.82, 2.24) is 9.88 Å². The first kappa shape index (κ1) is 24.6. The van der Waals surface area contributed by atoms with E-state index in [9.17, 15) is 14.9 Å². The number of hydrogen-bond acceptors (Lipinski definition) is 6. The Balaban J connectivity index is 1.30. The van der Waals surface area contributed by atoms with E-state index >= 15 is 0 Å². The Morgan fingerprint density at radius 2 is 1.84 bits per heavy atom. The minimum absolute atomic E-state index is 0.158. The van der Waals surface area contributed by atoms with Crippen LogP contribution in [0.4, 0.5) is 17.1 Å². The van der Waals surface area contributed by atoms with Crippen molar-refractivity contribution >= 4 is 23.0 Å². The summed E-state index contributed by atoms with van der Waals surface area (Å²) in [6, 6.07) is 17.3. The van der Waals surface area contributed by atoms with Gasteiger partial charge in [-0.3, -0.25) is 9.59 Å². The van der Waals surface area contributed by atoms with Crippen molar-refractivity contribution in [2.45, 2.75) is 31.7 Å². The van der Waals surface area contributed by atoms with Crippen LogP contribution in [-0.4, -0.2) is 55.1 Å². The number of rotatable bonds is 7. The second kappa shape index (κ2) is 10.9. The maximum Gasteiger partial charge on any atom is 0.271 e. The number of aromatic amines is 1. The molecule has 2 aromatic carbocycles. The quantitative estimate of drug-likeness (QED) is 0.451. The van der Waals surface area contributed by atoms with Gasteiger partial charge in [-0.2, -0.15) is 5.26 Å². The second-order valence-corrected chi connectivity index (χ2v) is 9.79. The Hall–Kier alpha value is -4.09. The normalized spacial score (nSPS) is 17.5. The molecule has 2 saturated heterocycles. The molecule has 8 nitrogen and oxygen atoms in total. The van der Waals surface area contributed by atoms with Gasteiger partial charge in [-0.15, -0.1) is 0 Å². The van der Waals surface area contributed by atoms with Crippen molar-refractivity contribution < 1.29 is 4.79 Å². The summed E-state index contributed by atoms with van der Waals surface area (Å²) in [5, 5.41) is 15.1. The molecule has 190 valence electrons. The zero-order chi connectivity index (χ0) is 25.8. The zero-order valence-electron chi connectivity index (χ0n) is 21.1. The van der Waals surface area contributed by atoms with E-state index < -0.39 is 0 Å². The lowest BCUT2D eigenvalue weighted by Gasteiger charge is -2.30. The average molecular weight is 497 g/mol. The third-order valence-corrected chi connectivity index (χ3v) is 7.34. The van der Waals surface area contributed by atoms with Gasteiger partial charge in [0.15, 0.2) is 0 Å². The van der Waals surface area contributed by atoms with E-state index in [2.05, 4.69) is 31.5 Å². The molecule has 37 heavy (non-hydrogen) atoms. The van der Waals surface area contributed by atoms with E-state index in [1.807, 2.05) is 30.3 Å². The smallest absolute Gasteiger partial charge is 0.271 e. The maximum absolute atomic E-state index is 13.0. The van der Waals surface area contributed by atoms with Crippen molar-refractivity contribution in [3.8, 4) is 17.2 Å². The fraction of sp³-hybridized carbons (Fsp3) is 0.345. The molecule has 1 atom stereocenters. The van der Waals surface area contributed by atoms with Gasteiger partial charge in [0.2, 0.25) is 0 Å². The van der Waals surface area contributed by atoms with Crippen molar-refractivity contribution in [1.29, 1.82) is 5.26 Å². The largest absolute Gasteiger partial charge is 0.388 e. The third-order valence-electron chi connectivity index (χ3n) is 7.34. The highest BCUT2D eigenvalue weighted by molar-refractivity contribution is 6.04. The number of nitrogens with one attached hydrogen (secondary N) is 3. The van der Waals surface area contributed by atoms with Crippen LogP contribution in [0.5, 0.6) is 0 Å². The number of aromatic nitrogens is 1. The van der Waals surface area contributed by atoms with Crippen LogP contribution in [0, 0.1) is 11.3 Å². The number of anilines is 3. The molecule has 3 aromatic rings. The van der Waals surface area contributed by atoms with Crippen LogP contribution < -0.4 is 21.1 Å². The molecule has 8 heteroatoms. The fourth-order valence-corrected chi connectivity index (χ4v) is 5.37. The first-order valence-electron chi connectivity index (χ1n) is 12.9. The Morgan fingerprint density at radius 3 is 2.57 bits per heavy atom. The van der Waals surface area contributed by atoms with Crippen LogP contribution in [0.3, 0.4) is 0 Å². The summed E-state index contributed by atoms with van der Waals surface area (Å²) in [7, 11) is 1.78. The SMILES string of the molecule is CNc1cc(C#N)cc(-c2c[nH]c(=O)c(NC(=O)c3ccc(N4CCC[C@H]4CN4CCCC4)cc3)c2)c1. The molecule has 1 aromatic heterocycles. The van der Waals surface area contributed by atoms with Gasteiger partial charge in [0.1, 0.15) is 5.69 Å². The molecule has 3 heterocycles. The Morgan fingerprint density at radius 1 is 1.05 bits per heavy atom. The number of likely N-dealkylation sites (tertiary alicyclic amines) is 1. The van der Waals surface area contributed by atoms with Gasteiger partial charge in [0, 0.05) is 54.9 Å². The number of carbonyl (C=O) groups is 1. The summed E-state index contributed by atoms with van der Waals surface area (Å²) in [5.74, 6) is -0.342. The van der Waals surface area contributed by atoms with Gasteiger partial charge < -0.3 is 25.4 Å². The van der Waals surface area contributed by atoms with Gasteiger partial charge in [-0.05, 0) is 92.9 Å². The summed E-state index contributed by atoms with van der Waals surface area (Å²) in [6.07, 6.45) is 6.56. The first-order chi connectivity index (χ1) is 18.0. The molecule has 1 amide bonds. The number of benzene rings is 2. The van der Waals surface area contributed by atoms with E-state index in [1.165, 1.54) is 38.8 Å². The maximum atomic E-state index is 13.0. The number of hydrogen-bond donors (Lipinski definition) is 3. The van der Waals surface area contributed by atoms with Gasteiger partial charge in [-0.25, -0.2) is 0 Å². The van der Waals surface area contributed by atoms with E-state index in [0.717, 1.165) is 30.0 Å². The monoisotopic (exact) mass is 496 g/mol. The lowest BCUT2D eigenvalue weighted by molar-refractivity contribution is 0.102. The molecular weight excluding hydrogens is 464 g/mol. The molecule has 0 radical (unpaired) electrons. The Labute approximate surface area is 216 Å². The summed E-state index contributed by atoms with van der Waals surface area (Å²) in [4.78, 5) is 33.2. The van der Waals surface area contributed by atoms with E-state index in [0.29, 0.717) is 22.7 Å². The predicted molar refractivity (Wildman–Crippen MR) is 147 cm³/mol. The van der Waals surface area contributed by atoms with Gasteiger partial charge in [-0.1, -0.05) is 0 Å². The van der Waals surface area contributed by atoms with Crippen LogP contribution in [0.15, 0.2) is 59.5 Å². The van der Waals surface area contributed by atoms with Crippen LogP contribution >= 0.6 is 0 Å². The molecule has 0 aliphatic carbocycles. The standard InChI is InChI=1S/C29H32N6O2/c1-31-24-14-20(17-30)13-22(15-24)23-16-27(29(37)32-18-23)33-28(36)21-6-8-25(9-7-21)35-12-4-5-26(35)19-34-10-2-3-11-34/h6-9,13-16,18,26,31H,2-5,10-12,19H2,1H3,(H,32,37)(H,33,36)/t26-/m0/s1. The zero-order valence-corrected chi connectivity index (χ0v) is 21.1. The molecule has 3 N–H and O–H groups in total. The van der Waals surface area contributed by atoms with Gasteiger partial charge in [0.25, 0.3) is 11.5 Å². The van der Waals surface area contributed by atoms with Crippen molar-refractivity contribution in [2.24, 2.45) is 0 Å². The second-order valence-electron chi connectivity index (χ2n) is 9.79. The minimum Gasteiger partial charge on any atom is -0.388 e. The minimum atomic E-state index is -0.388. The fourth-order valence-electron chi connectivity index (χ4n) is 5.37. The Bertz CT molecular complexity index is 1370. The molecule has 5 rings (SSSR count). The van der Waals surface area contributed by atoms with Gasteiger partial charge in [0.05, 0.1) is 11.6 Å². The highest BCUT2D eigenvalue weighted by atomic mass is 16.2. The van der Waals surface area contributed by atoms with Crippen LogP contribution in [0.25, 0.3) is 11.1 Å². The van der Waals surface area contributed by atoms with Gasteiger partial charge >= 0.3 is 0 Å². The summed E-state index contributed by atoms with van der Waals surface area (Å²) >= 11 is 0. The average Bonchev–Trinajstić information content (AvgIpc) is 3.62. The summed E-state index contributed by atoms with van der Waals surface area (Å²) in [5.41, 5.74) is 4.13. The predicted octanol–water partition coefficient (Wildman–Crippen LogP) is 4.27. The Kier molecular flexibility index (Phi) is 7.24. The van der Waals surface area contributed by atoms with E-state index in [1.54, 1.807) is 31.4 Å². The number of pyridine rings is 1.